The van der Waals surface area contributed by atoms with Crippen LogP contribution in [0.3, 0.4) is 0 Å². The van der Waals surface area contributed by atoms with Crippen molar-refractivity contribution in [1.29, 1.82) is 0 Å². The first-order chi connectivity index (χ1) is 10.2. The van der Waals surface area contributed by atoms with Crippen molar-refractivity contribution in [2.24, 2.45) is 4.99 Å². The van der Waals surface area contributed by atoms with Gasteiger partial charge in [-0.25, -0.2) is 4.39 Å². The zero-order valence-electron chi connectivity index (χ0n) is 12.1. The molecule has 22 heavy (non-hydrogen) atoms. The number of halogens is 3. The van der Waals surface area contributed by atoms with Crippen LogP contribution in [0, 0.1) is 5.82 Å². The fourth-order valence-electron chi connectivity index (χ4n) is 1.84. The van der Waals surface area contributed by atoms with Crippen LogP contribution >= 0.6 is 39.9 Å². The summed E-state index contributed by atoms with van der Waals surface area (Å²) >= 11 is 3.45. The van der Waals surface area contributed by atoms with Gasteiger partial charge in [-0.1, -0.05) is 40.2 Å². The third-order valence-electron chi connectivity index (χ3n) is 2.95. The van der Waals surface area contributed by atoms with Gasteiger partial charge in [-0.2, -0.15) is 0 Å². The molecule has 0 fully saturated rings. The Morgan fingerprint density at radius 2 is 1.68 bits per heavy atom. The molecular weight excluding hydrogens is 460 g/mol. The highest BCUT2D eigenvalue weighted by atomic mass is 127. The van der Waals surface area contributed by atoms with Crippen LogP contribution in [0.5, 0.6) is 0 Å². The molecule has 0 bridgehead atoms. The summed E-state index contributed by atoms with van der Waals surface area (Å²) in [6.45, 7) is 1.28. The largest absolute Gasteiger partial charge is 0.352 e. The molecule has 0 aromatic heterocycles. The van der Waals surface area contributed by atoms with E-state index in [0.29, 0.717) is 19.0 Å². The van der Waals surface area contributed by atoms with Gasteiger partial charge in [-0.3, -0.25) is 4.99 Å². The van der Waals surface area contributed by atoms with Crippen molar-refractivity contribution in [2.45, 2.75) is 13.1 Å². The highest BCUT2D eigenvalue weighted by Gasteiger charge is 2.00. The Morgan fingerprint density at radius 3 is 2.27 bits per heavy atom. The smallest absolute Gasteiger partial charge is 0.191 e. The molecule has 2 aromatic carbocycles. The molecule has 0 aliphatic heterocycles. The number of hydrogen-bond donors (Lipinski definition) is 2. The molecular formula is C16H18BrFIN3. The fourth-order valence-corrected chi connectivity index (χ4v) is 2.29. The lowest BCUT2D eigenvalue weighted by atomic mass is 10.2. The van der Waals surface area contributed by atoms with E-state index in [-0.39, 0.29) is 29.8 Å². The molecule has 0 heterocycles. The Kier molecular flexibility index (Phi) is 8.40. The van der Waals surface area contributed by atoms with Gasteiger partial charge >= 0.3 is 0 Å². The van der Waals surface area contributed by atoms with Crippen LogP contribution in [0.2, 0.25) is 0 Å². The van der Waals surface area contributed by atoms with E-state index in [9.17, 15) is 4.39 Å². The van der Waals surface area contributed by atoms with Crippen molar-refractivity contribution in [1.82, 2.24) is 10.6 Å². The molecule has 2 rings (SSSR count). The minimum absolute atomic E-state index is 0. The number of nitrogens with zero attached hydrogens (tertiary/aromatic N) is 1. The summed E-state index contributed by atoms with van der Waals surface area (Å²) in [4.78, 5) is 4.17. The molecule has 0 saturated carbocycles. The van der Waals surface area contributed by atoms with Gasteiger partial charge < -0.3 is 10.6 Å². The van der Waals surface area contributed by atoms with Crippen molar-refractivity contribution in [3.05, 3.63) is 69.9 Å². The second kappa shape index (κ2) is 9.78. The molecule has 3 nitrogen and oxygen atoms in total. The van der Waals surface area contributed by atoms with Gasteiger partial charge in [0, 0.05) is 24.6 Å². The van der Waals surface area contributed by atoms with E-state index in [1.54, 1.807) is 19.2 Å². The lowest BCUT2D eigenvalue weighted by Crippen LogP contribution is -2.36. The zero-order chi connectivity index (χ0) is 15.1. The Balaban J connectivity index is 0.00000242. The van der Waals surface area contributed by atoms with Crippen molar-refractivity contribution >= 4 is 45.9 Å². The first-order valence-electron chi connectivity index (χ1n) is 6.61. The second-order valence-corrected chi connectivity index (χ2v) is 5.45. The van der Waals surface area contributed by atoms with Gasteiger partial charge in [0.15, 0.2) is 5.96 Å². The molecule has 2 aromatic rings. The topological polar surface area (TPSA) is 36.4 Å². The monoisotopic (exact) mass is 477 g/mol. The van der Waals surface area contributed by atoms with Crippen LogP contribution in [0.1, 0.15) is 11.1 Å². The van der Waals surface area contributed by atoms with E-state index < -0.39 is 0 Å². The van der Waals surface area contributed by atoms with Crippen LogP contribution in [0.4, 0.5) is 4.39 Å². The number of aliphatic imine (C=N–C) groups is 1. The molecule has 0 saturated heterocycles. The van der Waals surface area contributed by atoms with Crippen molar-refractivity contribution in [2.75, 3.05) is 7.05 Å². The van der Waals surface area contributed by atoms with Gasteiger partial charge in [0.05, 0.1) is 0 Å². The van der Waals surface area contributed by atoms with Crippen LogP contribution in [0.15, 0.2) is 58.0 Å². The SMILES string of the molecule is CN=C(NCc1ccc(F)cc1)NCc1cccc(Br)c1.I. The van der Waals surface area contributed by atoms with Gasteiger partial charge in [-0.05, 0) is 35.4 Å². The number of guanidine groups is 1. The molecule has 2 N–H and O–H groups in total. The lowest BCUT2D eigenvalue weighted by molar-refractivity contribution is 0.626. The Morgan fingerprint density at radius 1 is 1.05 bits per heavy atom. The predicted molar refractivity (Wildman–Crippen MR) is 103 cm³/mol. The summed E-state index contributed by atoms with van der Waals surface area (Å²) in [5.41, 5.74) is 2.16. The molecule has 0 aliphatic rings. The molecule has 0 atom stereocenters. The summed E-state index contributed by atoms with van der Waals surface area (Å²) in [5.74, 6) is 0.482. The normalized spacial score (nSPS) is 10.8. The van der Waals surface area contributed by atoms with Crippen molar-refractivity contribution in [3.63, 3.8) is 0 Å². The molecule has 0 spiro atoms. The number of rotatable bonds is 4. The Hall–Kier alpha value is -1.15. The lowest BCUT2D eigenvalue weighted by Gasteiger charge is -2.12. The van der Waals surface area contributed by atoms with Gasteiger partial charge in [-0.15, -0.1) is 24.0 Å². The maximum Gasteiger partial charge on any atom is 0.191 e. The molecule has 0 amide bonds. The summed E-state index contributed by atoms with van der Waals surface area (Å²) in [6.07, 6.45) is 0. The standard InChI is InChI=1S/C16H17BrFN3.HI/c1-19-16(20-10-12-5-7-15(18)8-6-12)21-11-13-3-2-4-14(17)9-13;/h2-9H,10-11H2,1H3,(H2,19,20,21);1H. The minimum Gasteiger partial charge on any atom is -0.352 e. The highest BCUT2D eigenvalue weighted by Crippen LogP contribution is 2.11. The summed E-state index contributed by atoms with van der Waals surface area (Å²) in [6, 6.07) is 14.5. The Labute approximate surface area is 155 Å². The van der Waals surface area contributed by atoms with Crippen LogP contribution < -0.4 is 10.6 Å². The van der Waals surface area contributed by atoms with Crippen LogP contribution in [0.25, 0.3) is 0 Å². The average molecular weight is 478 g/mol. The van der Waals surface area contributed by atoms with E-state index in [2.05, 4.69) is 37.6 Å². The van der Waals surface area contributed by atoms with Gasteiger partial charge in [0.25, 0.3) is 0 Å². The molecule has 0 aliphatic carbocycles. The quantitative estimate of drug-likeness (QED) is 0.395. The summed E-state index contributed by atoms with van der Waals surface area (Å²) < 4.78 is 13.9. The maximum atomic E-state index is 12.8. The number of nitrogens with one attached hydrogen (secondary N) is 2. The van der Waals surface area contributed by atoms with E-state index in [1.807, 2.05) is 18.2 Å². The van der Waals surface area contributed by atoms with E-state index in [1.165, 1.54) is 12.1 Å². The first kappa shape index (κ1) is 18.9. The van der Waals surface area contributed by atoms with Crippen molar-refractivity contribution < 1.29 is 4.39 Å². The molecule has 0 radical (unpaired) electrons. The predicted octanol–water partition coefficient (Wildman–Crippen LogP) is 4.07. The van der Waals surface area contributed by atoms with E-state index >= 15 is 0 Å². The van der Waals surface area contributed by atoms with E-state index in [4.69, 9.17) is 0 Å². The van der Waals surface area contributed by atoms with Gasteiger partial charge in [0.2, 0.25) is 0 Å². The second-order valence-electron chi connectivity index (χ2n) is 4.54. The first-order valence-corrected chi connectivity index (χ1v) is 7.40. The zero-order valence-corrected chi connectivity index (χ0v) is 16.1. The summed E-state index contributed by atoms with van der Waals surface area (Å²) in [7, 11) is 1.72. The maximum absolute atomic E-state index is 12.8. The van der Waals surface area contributed by atoms with Crippen molar-refractivity contribution in [3.8, 4) is 0 Å². The molecule has 118 valence electrons. The summed E-state index contributed by atoms with van der Waals surface area (Å²) in [5, 5.41) is 6.43. The third-order valence-corrected chi connectivity index (χ3v) is 3.44. The van der Waals surface area contributed by atoms with Gasteiger partial charge in [0.1, 0.15) is 5.82 Å². The van der Waals surface area contributed by atoms with Crippen LogP contribution in [-0.4, -0.2) is 13.0 Å². The average Bonchev–Trinajstić information content (AvgIpc) is 2.49. The molecule has 6 heteroatoms. The Bertz CT molecular complexity index is 617. The van der Waals surface area contributed by atoms with E-state index in [0.717, 1.165) is 15.6 Å². The molecule has 0 unspecified atom stereocenters. The fraction of sp³-hybridized carbons (Fsp3) is 0.188. The number of hydrogen-bond acceptors (Lipinski definition) is 1. The highest BCUT2D eigenvalue weighted by molar-refractivity contribution is 14.0. The third kappa shape index (κ3) is 6.31. The van der Waals surface area contributed by atoms with Crippen LogP contribution in [-0.2, 0) is 13.1 Å². The minimum atomic E-state index is -0.226. The number of benzene rings is 2.